The number of rotatable bonds is 1. The standard InChI is InChI=1S/C10H11Cl2N/c11-8-4-3-7(6-9(8)12)10-2-1-5-13-10/h3-4,6,10,13H,1-2,5H2/t10-/m1/s1. The molecule has 1 nitrogen and oxygen atoms in total. The van der Waals surface area contributed by atoms with Gasteiger partial charge in [-0.3, -0.25) is 0 Å². The van der Waals surface area contributed by atoms with Crippen molar-refractivity contribution in [2.24, 2.45) is 0 Å². The lowest BCUT2D eigenvalue weighted by molar-refractivity contribution is 0.648. The SMILES string of the molecule is Clc1ccc([C@H]2CCCN2)cc1Cl. The van der Waals surface area contributed by atoms with Crippen LogP contribution < -0.4 is 5.32 Å². The highest BCUT2D eigenvalue weighted by molar-refractivity contribution is 6.42. The zero-order chi connectivity index (χ0) is 9.26. The summed E-state index contributed by atoms with van der Waals surface area (Å²) in [5, 5.41) is 4.69. The van der Waals surface area contributed by atoms with Crippen LogP contribution in [0.5, 0.6) is 0 Å². The van der Waals surface area contributed by atoms with E-state index < -0.39 is 0 Å². The zero-order valence-electron chi connectivity index (χ0n) is 7.19. The van der Waals surface area contributed by atoms with E-state index in [0.29, 0.717) is 16.1 Å². The van der Waals surface area contributed by atoms with Crippen molar-refractivity contribution in [1.82, 2.24) is 5.32 Å². The van der Waals surface area contributed by atoms with Gasteiger partial charge in [0, 0.05) is 6.04 Å². The first-order valence-corrected chi connectivity index (χ1v) is 5.21. The van der Waals surface area contributed by atoms with Crippen LogP contribution in [0, 0.1) is 0 Å². The van der Waals surface area contributed by atoms with Gasteiger partial charge in [-0.2, -0.15) is 0 Å². The maximum atomic E-state index is 5.93. The van der Waals surface area contributed by atoms with E-state index in [2.05, 4.69) is 5.32 Å². The smallest absolute Gasteiger partial charge is 0.0595 e. The second-order valence-corrected chi connectivity index (χ2v) is 4.14. The van der Waals surface area contributed by atoms with Crippen molar-refractivity contribution in [2.75, 3.05) is 6.54 Å². The van der Waals surface area contributed by atoms with Crippen molar-refractivity contribution in [3.63, 3.8) is 0 Å². The molecule has 0 aliphatic carbocycles. The molecule has 1 fully saturated rings. The molecule has 0 unspecified atom stereocenters. The van der Waals surface area contributed by atoms with Crippen molar-refractivity contribution < 1.29 is 0 Å². The summed E-state index contributed by atoms with van der Waals surface area (Å²) in [6.07, 6.45) is 2.43. The van der Waals surface area contributed by atoms with Crippen LogP contribution >= 0.6 is 23.2 Å². The molecular weight excluding hydrogens is 205 g/mol. The van der Waals surface area contributed by atoms with Crippen LogP contribution in [0.15, 0.2) is 18.2 Å². The summed E-state index contributed by atoms with van der Waals surface area (Å²) in [6, 6.07) is 6.32. The maximum Gasteiger partial charge on any atom is 0.0595 e. The van der Waals surface area contributed by atoms with E-state index >= 15 is 0 Å². The van der Waals surface area contributed by atoms with E-state index in [4.69, 9.17) is 23.2 Å². The minimum absolute atomic E-state index is 0.467. The molecule has 70 valence electrons. The van der Waals surface area contributed by atoms with Gasteiger partial charge in [0.1, 0.15) is 0 Å². The van der Waals surface area contributed by atoms with E-state index in [0.717, 1.165) is 6.54 Å². The summed E-state index contributed by atoms with van der Waals surface area (Å²) in [6.45, 7) is 1.10. The molecule has 1 saturated heterocycles. The Morgan fingerprint density at radius 3 is 2.69 bits per heavy atom. The molecule has 1 N–H and O–H groups in total. The molecule has 0 spiro atoms. The third-order valence-corrected chi connectivity index (χ3v) is 3.15. The molecule has 3 heteroatoms. The van der Waals surface area contributed by atoms with Gasteiger partial charge in [0.2, 0.25) is 0 Å². The fourth-order valence-corrected chi connectivity index (χ4v) is 2.00. The lowest BCUT2D eigenvalue weighted by atomic mass is 10.1. The molecular formula is C10H11Cl2N. The average molecular weight is 216 g/mol. The molecule has 0 aromatic heterocycles. The van der Waals surface area contributed by atoms with Crippen LogP contribution in [0.3, 0.4) is 0 Å². The minimum atomic E-state index is 0.467. The largest absolute Gasteiger partial charge is 0.310 e. The number of halogens is 2. The minimum Gasteiger partial charge on any atom is -0.310 e. The Kier molecular flexibility index (Phi) is 2.77. The zero-order valence-corrected chi connectivity index (χ0v) is 8.70. The van der Waals surface area contributed by atoms with E-state index in [1.54, 1.807) is 0 Å². The molecule has 0 amide bonds. The van der Waals surface area contributed by atoms with Crippen LogP contribution in [0.1, 0.15) is 24.4 Å². The van der Waals surface area contributed by atoms with Crippen LogP contribution in [-0.2, 0) is 0 Å². The normalized spacial score (nSPS) is 22.2. The molecule has 13 heavy (non-hydrogen) atoms. The van der Waals surface area contributed by atoms with Crippen molar-refractivity contribution in [1.29, 1.82) is 0 Å². The number of benzene rings is 1. The van der Waals surface area contributed by atoms with Gasteiger partial charge >= 0.3 is 0 Å². The van der Waals surface area contributed by atoms with Gasteiger partial charge in [0.15, 0.2) is 0 Å². The molecule has 1 aliphatic heterocycles. The van der Waals surface area contributed by atoms with E-state index in [-0.39, 0.29) is 0 Å². The highest BCUT2D eigenvalue weighted by atomic mass is 35.5. The topological polar surface area (TPSA) is 12.0 Å². The predicted octanol–water partition coefficient (Wildman–Crippen LogP) is 3.42. The first kappa shape index (κ1) is 9.32. The Balaban J connectivity index is 2.25. The number of hydrogen-bond acceptors (Lipinski definition) is 1. The Labute approximate surface area is 88.0 Å². The summed E-state index contributed by atoms with van der Waals surface area (Å²) >= 11 is 11.8. The highest BCUT2D eigenvalue weighted by Crippen LogP contribution is 2.29. The second kappa shape index (κ2) is 3.87. The monoisotopic (exact) mass is 215 g/mol. The van der Waals surface area contributed by atoms with Crippen molar-refractivity contribution in [2.45, 2.75) is 18.9 Å². The van der Waals surface area contributed by atoms with Gasteiger partial charge < -0.3 is 5.32 Å². The lowest BCUT2D eigenvalue weighted by Gasteiger charge is -2.10. The summed E-state index contributed by atoms with van der Waals surface area (Å²) in [7, 11) is 0. The molecule has 0 saturated carbocycles. The Morgan fingerprint density at radius 1 is 1.23 bits per heavy atom. The predicted molar refractivity (Wildman–Crippen MR) is 56.4 cm³/mol. The van der Waals surface area contributed by atoms with E-state index in [1.165, 1.54) is 18.4 Å². The first-order chi connectivity index (χ1) is 6.27. The second-order valence-electron chi connectivity index (χ2n) is 3.32. The van der Waals surface area contributed by atoms with Gasteiger partial charge in [-0.15, -0.1) is 0 Å². The molecule has 0 bridgehead atoms. The average Bonchev–Trinajstić information content (AvgIpc) is 2.62. The lowest BCUT2D eigenvalue weighted by Crippen LogP contribution is -2.12. The molecule has 0 radical (unpaired) electrons. The molecule has 1 heterocycles. The third-order valence-electron chi connectivity index (χ3n) is 2.41. The van der Waals surface area contributed by atoms with Crippen LogP contribution in [0.2, 0.25) is 10.0 Å². The molecule has 1 aromatic carbocycles. The number of nitrogens with one attached hydrogen (secondary N) is 1. The van der Waals surface area contributed by atoms with Gasteiger partial charge in [-0.1, -0.05) is 29.3 Å². The third kappa shape index (κ3) is 1.98. The summed E-state index contributed by atoms with van der Waals surface area (Å²) in [5.74, 6) is 0. The van der Waals surface area contributed by atoms with Gasteiger partial charge in [-0.05, 0) is 37.1 Å². The van der Waals surface area contributed by atoms with Gasteiger partial charge in [0.05, 0.1) is 10.0 Å². The Bertz CT molecular complexity index is 306. The first-order valence-electron chi connectivity index (χ1n) is 4.46. The van der Waals surface area contributed by atoms with Gasteiger partial charge in [0.25, 0.3) is 0 Å². The van der Waals surface area contributed by atoms with Crippen LogP contribution in [0.4, 0.5) is 0 Å². The number of hydrogen-bond donors (Lipinski definition) is 1. The van der Waals surface area contributed by atoms with Crippen molar-refractivity contribution >= 4 is 23.2 Å². The van der Waals surface area contributed by atoms with Crippen molar-refractivity contribution in [3.05, 3.63) is 33.8 Å². The summed E-state index contributed by atoms with van der Waals surface area (Å²) < 4.78 is 0. The fraction of sp³-hybridized carbons (Fsp3) is 0.400. The maximum absolute atomic E-state index is 5.93. The van der Waals surface area contributed by atoms with E-state index in [9.17, 15) is 0 Å². The Morgan fingerprint density at radius 2 is 2.08 bits per heavy atom. The molecule has 1 aromatic rings. The Hall–Kier alpha value is -0.240. The summed E-state index contributed by atoms with van der Waals surface area (Å²) in [4.78, 5) is 0. The quantitative estimate of drug-likeness (QED) is 0.758. The fourth-order valence-electron chi connectivity index (χ4n) is 1.70. The van der Waals surface area contributed by atoms with Gasteiger partial charge in [-0.25, -0.2) is 0 Å². The van der Waals surface area contributed by atoms with E-state index in [1.807, 2.05) is 18.2 Å². The van der Waals surface area contributed by atoms with Crippen LogP contribution in [0.25, 0.3) is 0 Å². The molecule has 1 aliphatic rings. The molecule has 1 atom stereocenters. The van der Waals surface area contributed by atoms with Crippen LogP contribution in [-0.4, -0.2) is 6.54 Å². The molecule has 2 rings (SSSR count). The highest BCUT2D eigenvalue weighted by Gasteiger charge is 2.16. The summed E-state index contributed by atoms with van der Waals surface area (Å²) in [5.41, 5.74) is 1.24. The van der Waals surface area contributed by atoms with Crippen molar-refractivity contribution in [3.8, 4) is 0 Å².